The molecule has 0 saturated carbocycles. The summed E-state index contributed by atoms with van der Waals surface area (Å²) in [7, 11) is 0. The Bertz CT molecular complexity index is 423. The Morgan fingerprint density at radius 1 is 1.42 bits per heavy atom. The standard InChI is InChI=1S/C16H25NO2/c1-4-10-17-14-9-8-13-12(14)6-5-7-15(13)19-11-16(2,3)18/h5-7,14,17-18H,4,8-11H2,1-3H3. The van der Waals surface area contributed by atoms with E-state index in [1.54, 1.807) is 13.8 Å². The smallest absolute Gasteiger partial charge is 0.122 e. The summed E-state index contributed by atoms with van der Waals surface area (Å²) in [6, 6.07) is 6.70. The summed E-state index contributed by atoms with van der Waals surface area (Å²) in [6.45, 7) is 7.10. The minimum Gasteiger partial charge on any atom is -0.490 e. The fourth-order valence-corrected chi connectivity index (χ4v) is 2.54. The molecule has 0 heterocycles. The molecule has 0 bridgehead atoms. The van der Waals surface area contributed by atoms with Crippen LogP contribution in [0.4, 0.5) is 0 Å². The van der Waals surface area contributed by atoms with Crippen LogP contribution in [0.2, 0.25) is 0 Å². The molecule has 1 unspecified atom stereocenters. The molecule has 106 valence electrons. The molecular weight excluding hydrogens is 238 g/mol. The summed E-state index contributed by atoms with van der Waals surface area (Å²) in [6.07, 6.45) is 3.34. The minimum atomic E-state index is -0.790. The van der Waals surface area contributed by atoms with Crippen LogP contribution in [0.3, 0.4) is 0 Å². The molecule has 3 nitrogen and oxygen atoms in total. The zero-order valence-electron chi connectivity index (χ0n) is 12.2. The van der Waals surface area contributed by atoms with E-state index in [1.165, 1.54) is 11.1 Å². The molecule has 0 radical (unpaired) electrons. The third-order valence-electron chi connectivity index (χ3n) is 3.45. The van der Waals surface area contributed by atoms with E-state index in [0.717, 1.165) is 31.6 Å². The average molecular weight is 263 g/mol. The van der Waals surface area contributed by atoms with Crippen molar-refractivity contribution in [3.63, 3.8) is 0 Å². The molecule has 2 rings (SSSR count). The number of aliphatic hydroxyl groups is 1. The molecule has 3 heteroatoms. The van der Waals surface area contributed by atoms with E-state index in [-0.39, 0.29) is 0 Å². The zero-order chi connectivity index (χ0) is 13.9. The number of benzene rings is 1. The topological polar surface area (TPSA) is 41.5 Å². The Hall–Kier alpha value is -1.06. The summed E-state index contributed by atoms with van der Waals surface area (Å²) in [5, 5.41) is 13.3. The molecule has 0 aromatic heterocycles. The maximum absolute atomic E-state index is 9.76. The van der Waals surface area contributed by atoms with Crippen LogP contribution >= 0.6 is 0 Å². The highest BCUT2D eigenvalue weighted by atomic mass is 16.5. The highest BCUT2D eigenvalue weighted by molar-refractivity contribution is 5.45. The normalized spacial score (nSPS) is 18.4. The van der Waals surface area contributed by atoms with Crippen LogP contribution in [0, 0.1) is 0 Å². The van der Waals surface area contributed by atoms with Crippen LogP contribution in [0.5, 0.6) is 5.75 Å². The molecule has 1 atom stereocenters. The van der Waals surface area contributed by atoms with Gasteiger partial charge in [-0.05, 0) is 56.8 Å². The van der Waals surface area contributed by atoms with Crippen molar-refractivity contribution in [2.24, 2.45) is 0 Å². The predicted octanol–water partition coefficient (Wildman–Crippen LogP) is 2.82. The number of fused-ring (bicyclic) bond motifs is 1. The summed E-state index contributed by atoms with van der Waals surface area (Å²) in [5.74, 6) is 0.931. The average Bonchev–Trinajstić information content (AvgIpc) is 2.76. The van der Waals surface area contributed by atoms with Crippen LogP contribution in [0.1, 0.15) is 50.8 Å². The van der Waals surface area contributed by atoms with Crippen molar-refractivity contribution in [3.8, 4) is 5.75 Å². The highest BCUT2D eigenvalue weighted by Gasteiger charge is 2.25. The van der Waals surface area contributed by atoms with Crippen molar-refractivity contribution >= 4 is 0 Å². The van der Waals surface area contributed by atoms with Crippen molar-refractivity contribution in [2.75, 3.05) is 13.2 Å². The first-order valence-electron chi connectivity index (χ1n) is 7.21. The van der Waals surface area contributed by atoms with Crippen LogP contribution in [0.15, 0.2) is 18.2 Å². The molecule has 1 aliphatic carbocycles. The first-order valence-corrected chi connectivity index (χ1v) is 7.21. The van der Waals surface area contributed by atoms with E-state index in [1.807, 2.05) is 12.1 Å². The summed E-state index contributed by atoms with van der Waals surface area (Å²) in [5.41, 5.74) is 1.88. The maximum Gasteiger partial charge on any atom is 0.122 e. The van der Waals surface area contributed by atoms with Gasteiger partial charge in [0.2, 0.25) is 0 Å². The van der Waals surface area contributed by atoms with Crippen molar-refractivity contribution in [1.29, 1.82) is 0 Å². The fraction of sp³-hybridized carbons (Fsp3) is 0.625. The molecule has 19 heavy (non-hydrogen) atoms. The number of nitrogens with one attached hydrogen (secondary N) is 1. The lowest BCUT2D eigenvalue weighted by Crippen LogP contribution is -2.28. The molecule has 1 aliphatic rings. The van der Waals surface area contributed by atoms with Gasteiger partial charge in [0.05, 0.1) is 5.60 Å². The van der Waals surface area contributed by atoms with Crippen LogP contribution < -0.4 is 10.1 Å². The quantitative estimate of drug-likeness (QED) is 0.829. The lowest BCUT2D eigenvalue weighted by atomic mass is 10.1. The fourth-order valence-electron chi connectivity index (χ4n) is 2.54. The molecule has 0 aliphatic heterocycles. The van der Waals surface area contributed by atoms with Gasteiger partial charge < -0.3 is 15.2 Å². The highest BCUT2D eigenvalue weighted by Crippen LogP contribution is 2.37. The SMILES string of the molecule is CCCNC1CCc2c(OCC(C)(C)O)cccc21. The molecule has 0 fully saturated rings. The van der Waals surface area contributed by atoms with E-state index in [2.05, 4.69) is 18.3 Å². The van der Waals surface area contributed by atoms with Gasteiger partial charge in [0.1, 0.15) is 12.4 Å². The Kier molecular flexibility index (Phi) is 4.48. The first-order chi connectivity index (χ1) is 9.01. The lowest BCUT2D eigenvalue weighted by Gasteiger charge is -2.20. The minimum absolute atomic E-state index is 0.330. The van der Waals surface area contributed by atoms with Gasteiger partial charge in [0.15, 0.2) is 0 Å². The summed E-state index contributed by atoms with van der Waals surface area (Å²) >= 11 is 0. The molecule has 1 aromatic carbocycles. The van der Waals surface area contributed by atoms with Gasteiger partial charge in [-0.15, -0.1) is 0 Å². The molecule has 0 spiro atoms. The van der Waals surface area contributed by atoms with Crippen molar-refractivity contribution in [2.45, 2.75) is 51.7 Å². The molecule has 0 amide bonds. The monoisotopic (exact) mass is 263 g/mol. The van der Waals surface area contributed by atoms with Gasteiger partial charge in [0.25, 0.3) is 0 Å². The second-order valence-corrected chi connectivity index (χ2v) is 5.97. The third-order valence-corrected chi connectivity index (χ3v) is 3.45. The molecular formula is C16H25NO2. The molecule has 1 aromatic rings. The van der Waals surface area contributed by atoms with Gasteiger partial charge in [-0.3, -0.25) is 0 Å². The molecule has 0 saturated heterocycles. The van der Waals surface area contributed by atoms with Crippen molar-refractivity contribution < 1.29 is 9.84 Å². The van der Waals surface area contributed by atoms with Crippen LogP contribution in [-0.4, -0.2) is 23.9 Å². The largest absolute Gasteiger partial charge is 0.490 e. The van der Waals surface area contributed by atoms with E-state index in [0.29, 0.717) is 12.6 Å². The zero-order valence-corrected chi connectivity index (χ0v) is 12.2. The van der Waals surface area contributed by atoms with E-state index in [9.17, 15) is 5.11 Å². The van der Waals surface area contributed by atoms with Gasteiger partial charge in [-0.1, -0.05) is 19.1 Å². The van der Waals surface area contributed by atoms with E-state index >= 15 is 0 Å². The molecule has 2 N–H and O–H groups in total. The Balaban J connectivity index is 2.09. The Labute approximate surface area is 116 Å². The maximum atomic E-state index is 9.76. The van der Waals surface area contributed by atoms with Crippen LogP contribution in [0.25, 0.3) is 0 Å². The number of rotatable bonds is 6. The Morgan fingerprint density at radius 2 is 2.21 bits per heavy atom. The number of hydrogen-bond donors (Lipinski definition) is 2. The van der Waals surface area contributed by atoms with Gasteiger partial charge in [0, 0.05) is 6.04 Å². The van der Waals surface area contributed by atoms with E-state index < -0.39 is 5.60 Å². The first kappa shape index (κ1) is 14.4. The van der Waals surface area contributed by atoms with Crippen LogP contribution in [-0.2, 0) is 6.42 Å². The summed E-state index contributed by atoms with van der Waals surface area (Å²) in [4.78, 5) is 0. The van der Waals surface area contributed by atoms with Gasteiger partial charge in [-0.2, -0.15) is 0 Å². The Morgan fingerprint density at radius 3 is 2.89 bits per heavy atom. The second kappa shape index (κ2) is 5.93. The van der Waals surface area contributed by atoms with Gasteiger partial charge >= 0.3 is 0 Å². The lowest BCUT2D eigenvalue weighted by molar-refractivity contribution is 0.0282. The summed E-state index contributed by atoms with van der Waals surface area (Å²) < 4.78 is 5.79. The van der Waals surface area contributed by atoms with Crippen molar-refractivity contribution in [3.05, 3.63) is 29.3 Å². The van der Waals surface area contributed by atoms with Crippen molar-refractivity contribution in [1.82, 2.24) is 5.32 Å². The predicted molar refractivity (Wildman–Crippen MR) is 77.6 cm³/mol. The number of ether oxygens (including phenoxy) is 1. The third kappa shape index (κ3) is 3.71. The van der Waals surface area contributed by atoms with Gasteiger partial charge in [-0.25, -0.2) is 0 Å². The number of hydrogen-bond acceptors (Lipinski definition) is 3. The van der Waals surface area contributed by atoms with E-state index in [4.69, 9.17) is 4.74 Å². The second-order valence-electron chi connectivity index (χ2n) is 5.97.